The molecule has 5 rings (SSSR count). The number of carbonyl (C=O) groups is 2. The molecule has 0 N–H and O–H groups in total. The van der Waals surface area contributed by atoms with Crippen LogP contribution in [-0.2, 0) is 22.6 Å². The molecule has 1 unspecified atom stereocenters. The van der Waals surface area contributed by atoms with Gasteiger partial charge in [-0.1, -0.05) is 0 Å². The molecular weight excluding hydrogens is 474 g/mol. The number of hydrogen-bond donors (Lipinski definition) is 0. The average molecular weight is 512 g/mol. The zero-order valence-electron chi connectivity index (χ0n) is 22.6. The molecule has 1 atom stereocenters. The van der Waals surface area contributed by atoms with Crippen molar-refractivity contribution >= 4 is 17.7 Å². The summed E-state index contributed by atoms with van der Waals surface area (Å²) in [6.07, 6.45) is -0.476. The van der Waals surface area contributed by atoms with Crippen molar-refractivity contribution < 1.29 is 19.1 Å². The third kappa shape index (κ3) is 4.52. The summed E-state index contributed by atoms with van der Waals surface area (Å²) < 4.78 is 13.9. The van der Waals surface area contributed by atoms with E-state index in [1.165, 1.54) is 4.57 Å². The van der Waals surface area contributed by atoms with Crippen LogP contribution in [0, 0.1) is 5.41 Å². The molecule has 200 valence electrons. The van der Waals surface area contributed by atoms with Gasteiger partial charge in [0.2, 0.25) is 0 Å². The highest BCUT2D eigenvalue weighted by atomic mass is 16.6. The van der Waals surface area contributed by atoms with Crippen molar-refractivity contribution in [3.8, 4) is 5.69 Å². The number of imidazole rings is 1. The van der Waals surface area contributed by atoms with Crippen LogP contribution in [0.5, 0.6) is 0 Å². The van der Waals surface area contributed by atoms with Gasteiger partial charge in [-0.05, 0) is 65.9 Å². The minimum atomic E-state index is -0.657. The number of anilines is 1. The summed E-state index contributed by atoms with van der Waals surface area (Å²) in [6.45, 7) is 13.9. The van der Waals surface area contributed by atoms with Crippen LogP contribution in [0.1, 0.15) is 50.8 Å². The average Bonchev–Trinajstić information content (AvgIpc) is 3.05. The molecule has 0 bridgehead atoms. The highest BCUT2D eigenvalue weighted by Crippen LogP contribution is 2.41. The van der Waals surface area contributed by atoms with E-state index in [-0.39, 0.29) is 37.1 Å². The summed E-state index contributed by atoms with van der Waals surface area (Å²) in [7, 11) is 2.15. The highest BCUT2D eigenvalue weighted by Gasteiger charge is 2.50. The first kappa shape index (κ1) is 25.4. The Kier molecular flexibility index (Phi) is 6.13. The normalized spacial score (nSPS) is 20.8. The van der Waals surface area contributed by atoms with E-state index >= 15 is 0 Å². The number of nitrogens with zero attached hydrogens (tertiary/aromatic N) is 5. The molecule has 2 fully saturated rings. The largest absolute Gasteiger partial charge is 0.461 e. The quantitative estimate of drug-likeness (QED) is 0.583. The Labute approximate surface area is 217 Å². The van der Waals surface area contributed by atoms with Gasteiger partial charge in [-0.3, -0.25) is 14.0 Å². The van der Waals surface area contributed by atoms with Crippen molar-refractivity contribution in [1.82, 2.24) is 18.9 Å². The van der Waals surface area contributed by atoms with Crippen LogP contribution in [0.4, 0.5) is 10.5 Å². The number of hydrogen-bond acceptors (Lipinski definition) is 7. The lowest BCUT2D eigenvalue weighted by Crippen LogP contribution is -2.71. The second-order valence-corrected chi connectivity index (χ2v) is 11.7. The molecule has 1 spiro atoms. The Bertz CT molecular complexity index is 1260. The third-order valence-electron chi connectivity index (χ3n) is 7.38. The van der Waals surface area contributed by atoms with E-state index in [1.807, 2.05) is 52.0 Å². The van der Waals surface area contributed by atoms with E-state index in [1.54, 1.807) is 16.4 Å². The van der Waals surface area contributed by atoms with Crippen LogP contribution in [0.15, 0.2) is 29.1 Å². The number of benzene rings is 1. The lowest BCUT2D eigenvalue weighted by Gasteiger charge is -2.60. The maximum absolute atomic E-state index is 13.6. The lowest BCUT2D eigenvalue weighted by atomic mass is 9.73. The van der Waals surface area contributed by atoms with E-state index in [2.05, 4.69) is 16.8 Å². The van der Waals surface area contributed by atoms with Crippen molar-refractivity contribution in [2.24, 2.45) is 5.41 Å². The predicted molar refractivity (Wildman–Crippen MR) is 139 cm³/mol. The number of ether oxygens (including phenoxy) is 2. The minimum Gasteiger partial charge on any atom is -0.461 e. The molecule has 1 aromatic carbocycles. The number of amides is 1. The molecular formula is C27H37N5O5. The van der Waals surface area contributed by atoms with Crippen LogP contribution in [0.2, 0.25) is 0 Å². The van der Waals surface area contributed by atoms with Crippen molar-refractivity contribution in [2.75, 3.05) is 44.7 Å². The number of carbonyl (C=O) groups excluding carboxylic acids is 2. The maximum Gasteiger partial charge on any atom is 0.410 e. The highest BCUT2D eigenvalue weighted by molar-refractivity contribution is 5.90. The molecule has 10 heteroatoms. The molecule has 1 aromatic heterocycles. The monoisotopic (exact) mass is 511 g/mol. The van der Waals surface area contributed by atoms with Gasteiger partial charge in [0.25, 0.3) is 0 Å². The summed E-state index contributed by atoms with van der Waals surface area (Å²) in [5.74, 6) is -0.588. The Morgan fingerprint density at radius 2 is 1.68 bits per heavy atom. The smallest absolute Gasteiger partial charge is 0.410 e. The molecule has 1 amide bonds. The molecule has 4 heterocycles. The van der Waals surface area contributed by atoms with Gasteiger partial charge in [-0.25, -0.2) is 14.4 Å². The fourth-order valence-corrected chi connectivity index (χ4v) is 5.89. The Hall–Kier alpha value is -3.27. The number of fused-ring (bicyclic) bond motifs is 1. The Morgan fingerprint density at radius 1 is 1.05 bits per heavy atom. The summed E-state index contributed by atoms with van der Waals surface area (Å²) in [5, 5.41) is 0. The predicted octanol–water partition coefficient (Wildman–Crippen LogP) is 2.71. The third-order valence-corrected chi connectivity index (χ3v) is 7.38. The number of rotatable bonds is 4. The molecule has 2 saturated heterocycles. The first-order valence-corrected chi connectivity index (χ1v) is 13.0. The van der Waals surface area contributed by atoms with Gasteiger partial charge in [-0.15, -0.1) is 0 Å². The van der Waals surface area contributed by atoms with E-state index in [0.29, 0.717) is 16.8 Å². The number of likely N-dealkylation sites (tertiary alicyclic amines) is 1. The van der Waals surface area contributed by atoms with E-state index < -0.39 is 17.7 Å². The fraction of sp³-hybridized carbons (Fsp3) is 0.593. The van der Waals surface area contributed by atoms with Crippen molar-refractivity contribution in [3.05, 3.63) is 46.1 Å². The fourth-order valence-electron chi connectivity index (χ4n) is 5.89. The van der Waals surface area contributed by atoms with Gasteiger partial charge >= 0.3 is 17.8 Å². The topological polar surface area (TPSA) is 89.3 Å². The number of aromatic nitrogens is 2. The van der Waals surface area contributed by atoms with Gasteiger partial charge in [0.05, 0.1) is 30.6 Å². The summed E-state index contributed by atoms with van der Waals surface area (Å²) in [5.41, 5.74) is 1.74. The van der Waals surface area contributed by atoms with Gasteiger partial charge < -0.3 is 19.3 Å². The molecule has 0 aliphatic carbocycles. The summed E-state index contributed by atoms with van der Waals surface area (Å²) in [4.78, 5) is 45.9. The molecule has 0 radical (unpaired) electrons. The maximum atomic E-state index is 13.6. The Balaban J connectivity index is 1.46. The van der Waals surface area contributed by atoms with Crippen molar-refractivity contribution in [2.45, 2.75) is 59.4 Å². The molecule has 10 nitrogen and oxygen atoms in total. The molecule has 37 heavy (non-hydrogen) atoms. The van der Waals surface area contributed by atoms with Gasteiger partial charge in [0.1, 0.15) is 5.60 Å². The van der Waals surface area contributed by atoms with Gasteiger partial charge in [0, 0.05) is 43.8 Å². The van der Waals surface area contributed by atoms with Crippen molar-refractivity contribution in [3.63, 3.8) is 0 Å². The van der Waals surface area contributed by atoms with E-state index in [0.717, 1.165) is 31.9 Å². The second-order valence-electron chi connectivity index (χ2n) is 11.7. The standard InChI is InChI=1S/C27H37N5O5/c1-7-36-23(33)22-21-13-30(25(35)37-26(3,4)5)18(2)12-31(21)24(34)32(22)20-10-8-19(9-11-20)29-16-27(17-29)14-28(6)15-27/h8-11,18H,7,12-17H2,1-6H3. The molecule has 3 aliphatic heterocycles. The zero-order valence-corrected chi connectivity index (χ0v) is 22.6. The molecule has 2 aromatic rings. The minimum absolute atomic E-state index is 0.0782. The second kappa shape index (κ2) is 8.93. The van der Waals surface area contributed by atoms with Crippen LogP contribution < -0.4 is 10.6 Å². The molecule has 0 saturated carbocycles. The Morgan fingerprint density at radius 3 is 2.24 bits per heavy atom. The first-order chi connectivity index (χ1) is 17.4. The molecule has 3 aliphatic rings. The van der Waals surface area contributed by atoms with Crippen molar-refractivity contribution in [1.29, 1.82) is 0 Å². The van der Waals surface area contributed by atoms with Crippen LogP contribution in [0.3, 0.4) is 0 Å². The van der Waals surface area contributed by atoms with Gasteiger partial charge in [0.15, 0.2) is 5.69 Å². The van der Waals surface area contributed by atoms with Crippen LogP contribution >= 0.6 is 0 Å². The van der Waals surface area contributed by atoms with Crippen LogP contribution in [-0.4, -0.2) is 82.5 Å². The number of esters is 1. The zero-order chi connectivity index (χ0) is 26.7. The van der Waals surface area contributed by atoms with Gasteiger partial charge in [-0.2, -0.15) is 0 Å². The first-order valence-electron chi connectivity index (χ1n) is 13.0. The van der Waals surface area contributed by atoms with E-state index in [9.17, 15) is 14.4 Å². The summed E-state index contributed by atoms with van der Waals surface area (Å²) >= 11 is 0. The van der Waals surface area contributed by atoms with Crippen LogP contribution in [0.25, 0.3) is 5.69 Å². The van der Waals surface area contributed by atoms with E-state index in [4.69, 9.17) is 9.47 Å². The summed E-state index contributed by atoms with van der Waals surface area (Å²) in [6, 6.07) is 7.46. The lowest BCUT2D eigenvalue weighted by molar-refractivity contribution is -0.00239. The SMILES string of the molecule is CCOC(=O)c1c2n(c(=O)n1-c1ccc(N3CC4(CN(C)C4)C3)cc1)CC(C)N(C(=O)OC(C)(C)C)C2.